The molecule has 4 rings (SSSR count). The largest absolute Gasteiger partial charge is 0.416 e. The van der Waals surface area contributed by atoms with Crippen molar-refractivity contribution in [2.75, 3.05) is 18.0 Å². The number of amides is 1. The summed E-state index contributed by atoms with van der Waals surface area (Å²) in [7, 11) is 0. The van der Waals surface area contributed by atoms with Gasteiger partial charge in [-0.1, -0.05) is 29.8 Å². The van der Waals surface area contributed by atoms with E-state index in [0.717, 1.165) is 60.7 Å². The number of alkyl halides is 3. The molecular weight excluding hydrogens is 453 g/mol. The number of H-pyrrole nitrogens is 1. The van der Waals surface area contributed by atoms with Crippen molar-refractivity contribution in [2.45, 2.75) is 59.3 Å². The molecule has 0 aliphatic carbocycles. The zero-order chi connectivity index (χ0) is 25.3. The molecule has 0 spiro atoms. The van der Waals surface area contributed by atoms with Gasteiger partial charge in [0, 0.05) is 49.5 Å². The minimum Gasteiger partial charge on any atom is -0.342 e. The van der Waals surface area contributed by atoms with Gasteiger partial charge >= 0.3 is 6.18 Å². The van der Waals surface area contributed by atoms with Crippen LogP contribution >= 0.6 is 0 Å². The van der Waals surface area contributed by atoms with Gasteiger partial charge in [0.15, 0.2) is 0 Å². The number of hydrogen-bond acceptors (Lipinski definition) is 3. The Morgan fingerprint density at radius 1 is 1.09 bits per heavy atom. The van der Waals surface area contributed by atoms with E-state index in [-0.39, 0.29) is 11.9 Å². The van der Waals surface area contributed by atoms with Crippen molar-refractivity contribution in [3.05, 3.63) is 70.5 Å². The van der Waals surface area contributed by atoms with Gasteiger partial charge in [0.25, 0.3) is 0 Å². The first-order chi connectivity index (χ1) is 16.5. The third-order valence-corrected chi connectivity index (χ3v) is 6.72. The van der Waals surface area contributed by atoms with Crippen molar-refractivity contribution in [1.82, 2.24) is 14.9 Å². The average molecular weight is 485 g/mol. The molecule has 0 bridgehead atoms. The molecule has 0 radical (unpaired) electrons. The third-order valence-electron chi connectivity index (χ3n) is 6.72. The van der Waals surface area contributed by atoms with Crippen LogP contribution in [0.25, 0.3) is 11.4 Å². The van der Waals surface area contributed by atoms with Crippen LogP contribution < -0.4 is 4.90 Å². The number of nitrogens with zero attached hydrogens (tertiary/aromatic N) is 3. The van der Waals surface area contributed by atoms with Crippen LogP contribution in [0.1, 0.15) is 47.8 Å². The second-order valence-corrected chi connectivity index (χ2v) is 9.42. The molecule has 35 heavy (non-hydrogen) atoms. The number of likely N-dealkylation sites (tertiary alicyclic amines) is 1. The number of benzene rings is 2. The summed E-state index contributed by atoms with van der Waals surface area (Å²) in [6, 6.07) is 11.4. The molecule has 5 nitrogen and oxygen atoms in total. The molecule has 1 aliphatic rings. The van der Waals surface area contributed by atoms with Crippen LogP contribution in [-0.4, -0.2) is 39.9 Å². The molecule has 0 saturated carbocycles. The van der Waals surface area contributed by atoms with Gasteiger partial charge in [-0.2, -0.15) is 13.2 Å². The maximum Gasteiger partial charge on any atom is 0.416 e. The highest BCUT2D eigenvalue weighted by molar-refractivity contribution is 5.93. The molecule has 1 fully saturated rings. The predicted molar refractivity (Wildman–Crippen MR) is 131 cm³/mol. The molecule has 186 valence electrons. The van der Waals surface area contributed by atoms with E-state index in [1.54, 1.807) is 6.92 Å². The van der Waals surface area contributed by atoms with E-state index in [1.807, 2.05) is 37.8 Å². The summed E-state index contributed by atoms with van der Waals surface area (Å²) in [6.07, 6.45) is -2.63. The lowest BCUT2D eigenvalue weighted by atomic mass is 10.00. The van der Waals surface area contributed by atoms with Gasteiger partial charge in [-0.3, -0.25) is 9.69 Å². The Hall–Kier alpha value is -3.13. The lowest BCUT2D eigenvalue weighted by Gasteiger charge is -2.38. The number of rotatable bonds is 5. The quantitative estimate of drug-likeness (QED) is 0.481. The van der Waals surface area contributed by atoms with Crippen LogP contribution in [0.5, 0.6) is 0 Å². The molecule has 1 amide bonds. The highest BCUT2D eigenvalue weighted by Crippen LogP contribution is 2.31. The SMILES string of the molecule is CC(=O)N(c1ccc(C)cc1C)C1CCN(Cc2nc(-c3ccc(C(F)(F)F)cc3)[nH]c2C)CC1. The van der Waals surface area contributed by atoms with Gasteiger partial charge in [-0.15, -0.1) is 0 Å². The number of hydrogen-bond donors (Lipinski definition) is 1. The average Bonchev–Trinajstić information content (AvgIpc) is 3.16. The summed E-state index contributed by atoms with van der Waals surface area (Å²) in [4.78, 5) is 24.7. The monoisotopic (exact) mass is 484 g/mol. The van der Waals surface area contributed by atoms with Crippen LogP contribution in [-0.2, 0) is 17.5 Å². The Kier molecular flexibility index (Phi) is 7.03. The number of halogens is 3. The van der Waals surface area contributed by atoms with E-state index in [0.29, 0.717) is 17.9 Å². The normalized spacial score (nSPS) is 15.4. The maximum atomic E-state index is 12.9. The highest BCUT2D eigenvalue weighted by atomic mass is 19.4. The highest BCUT2D eigenvalue weighted by Gasteiger charge is 2.31. The van der Waals surface area contributed by atoms with E-state index in [1.165, 1.54) is 17.7 Å². The van der Waals surface area contributed by atoms with Crippen molar-refractivity contribution in [2.24, 2.45) is 0 Å². The molecule has 3 aromatic rings. The van der Waals surface area contributed by atoms with E-state index in [4.69, 9.17) is 0 Å². The van der Waals surface area contributed by atoms with Crippen LogP contribution in [0.3, 0.4) is 0 Å². The fourth-order valence-electron chi connectivity index (χ4n) is 4.85. The summed E-state index contributed by atoms with van der Waals surface area (Å²) in [6.45, 7) is 9.97. The number of nitrogens with one attached hydrogen (secondary N) is 1. The van der Waals surface area contributed by atoms with Crippen molar-refractivity contribution in [3.8, 4) is 11.4 Å². The molecule has 0 atom stereocenters. The van der Waals surface area contributed by atoms with E-state index in [2.05, 4.69) is 20.9 Å². The summed E-state index contributed by atoms with van der Waals surface area (Å²) in [5, 5.41) is 0. The third kappa shape index (κ3) is 5.59. The molecule has 2 heterocycles. The van der Waals surface area contributed by atoms with Crippen LogP contribution in [0, 0.1) is 20.8 Å². The summed E-state index contributed by atoms with van der Waals surface area (Å²) >= 11 is 0. The van der Waals surface area contributed by atoms with E-state index < -0.39 is 11.7 Å². The molecular formula is C27H31F3N4O. The number of carbonyl (C=O) groups excluding carboxylic acids is 1. The molecule has 2 aromatic carbocycles. The molecule has 1 aromatic heterocycles. The van der Waals surface area contributed by atoms with Crippen molar-refractivity contribution < 1.29 is 18.0 Å². The van der Waals surface area contributed by atoms with Gasteiger partial charge in [0.05, 0.1) is 11.3 Å². The number of aromatic nitrogens is 2. The summed E-state index contributed by atoms with van der Waals surface area (Å²) in [5.41, 5.74) is 4.99. The fourth-order valence-corrected chi connectivity index (χ4v) is 4.85. The predicted octanol–water partition coefficient (Wildman–Crippen LogP) is 6.04. The Morgan fingerprint density at radius 3 is 2.31 bits per heavy atom. The number of aryl methyl sites for hydroxylation is 3. The van der Waals surface area contributed by atoms with Crippen LogP contribution in [0.15, 0.2) is 42.5 Å². The van der Waals surface area contributed by atoms with Gasteiger partial charge in [-0.25, -0.2) is 4.98 Å². The Balaban J connectivity index is 1.42. The fraction of sp³-hybridized carbons (Fsp3) is 0.407. The number of anilines is 1. The lowest BCUT2D eigenvalue weighted by molar-refractivity contribution is -0.137. The Morgan fingerprint density at radius 2 is 1.74 bits per heavy atom. The molecule has 1 saturated heterocycles. The van der Waals surface area contributed by atoms with E-state index in [9.17, 15) is 18.0 Å². The number of carbonyl (C=O) groups is 1. The first kappa shape index (κ1) is 25.0. The number of piperidine rings is 1. The van der Waals surface area contributed by atoms with Gasteiger partial charge < -0.3 is 9.88 Å². The van der Waals surface area contributed by atoms with Crippen molar-refractivity contribution >= 4 is 11.6 Å². The van der Waals surface area contributed by atoms with E-state index >= 15 is 0 Å². The van der Waals surface area contributed by atoms with Gasteiger partial charge in [-0.05, 0) is 57.4 Å². The first-order valence-corrected chi connectivity index (χ1v) is 11.9. The minimum atomic E-state index is -4.36. The molecule has 8 heteroatoms. The topological polar surface area (TPSA) is 52.2 Å². The molecule has 1 aliphatic heterocycles. The molecule has 0 unspecified atom stereocenters. The van der Waals surface area contributed by atoms with Crippen molar-refractivity contribution in [1.29, 1.82) is 0 Å². The minimum absolute atomic E-state index is 0.0553. The second-order valence-electron chi connectivity index (χ2n) is 9.42. The number of imidazole rings is 1. The smallest absolute Gasteiger partial charge is 0.342 e. The number of aromatic amines is 1. The maximum absolute atomic E-state index is 12.9. The van der Waals surface area contributed by atoms with Gasteiger partial charge in [0.2, 0.25) is 5.91 Å². The molecule has 1 N–H and O–H groups in total. The summed E-state index contributed by atoms with van der Waals surface area (Å²) < 4.78 is 38.6. The Labute approximate surface area is 204 Å². The standard InChI is InChI=1S/C27H31F3N4O/c1-17-5-10-25(18(2)15-17)34(20(4)35)23-11-13-33(14-12-23)16-24-19(3)31-26(32-24)21-6-8-22(9-7-21)27(28,29)30/h5-10,15,23H,11-14,16H2,1-4H3,(H,31,32). The first-order valence-electron chi connectivity index (χ1n) is 11.9. The van der Waals surface area contributed by atoms with Crippen molar-refractivity contribution in [3.63, 3.8) is 0 Å². The van der Waals surface area contributed by atoms with Crippen LogP contribution in [0.4, 0.5) is 18.9 Å². The zero-order valence-corrected chi connectivity index (χ0v) is 20.5. The van der Waals surface area contributed by atoms with Gasteiger partial charge in [0.1, 0.15) is 5.82 Å². The second kappa shape index (κ2) is 9.85. The Bertz CT molecular complexity index is 1190. The summed E-state index contributed by atoms with van der Waals surface area (Å²) in [5.74, 6) is 0.624. The van der Waals surface area contributed by atoms with Crippen LogP contribution in [0.2, 0.25) is 0 Å². The lowest BCUT2D eigenvalue weighted by Crippen LogP contribution is -2.47. The zero-order valence-electron chi connectivity index (χ0n) is 20.5.